The number of aromatic nitrogens is 1. The molecular weight excluding hydrogens is 531 g/mol. The molecule has 2 aromatic carbocycles. The van der Waals surface area contributed by atoms with E-state index in [4.69, 9.17) is 11.6 Å². The molecule has 1 unspecified atom stereocenters. The van der Waals surface area contributed by atoms with Crippen LogP contribution < -0.4 is 15.1 Å². The molecule has 37 heavy (non-hydrogen) atoms. The maximum absolute atomic E-state index is 15.3. The van der Waals surface area contributed by atoms with Crippen LogP contribution in [0.3, 0.4) is 0 Å². The van der Waals surface area contributed by atoms with Crippen LogP contribution in [0.2, 0.25) is 5.02 Å². The molecule has 0 amide bonds. The van der Waals surface area contributed by atoms with Crippen molar-refractivity contribution in [1.82, 2.24) is 9.29 Å². The fourth-order valence-electron chi connectivity index (χ4n) is 4.63. The first kappa shape index (κ1) is 25.1. The second-order valence-electron chi connectivity index (χ2n) is 9.04. The molecule has 0 spiro atoms. The van der Waals surface area contributed by atoms with Gasteiger partial charge in [-0.1, -0.05) is 17.7 Å². The highest BCUT2D eigenvalue weighted by Crippen LogP contribution is 2.42. The van der Waals surface area contributed by atoms with Crippen molar-refractivity contribution >= 4 is 49.9 Å². The Morgan fingerprint density at radius 3 is 2.62 bits per heavy atom. The molecule has 1 saturated heterocycles. The zero-order chi connectivity index (χ0) is 26.6. The average Bonchev–Trinajstić information content (AvgIpc) is 3.59. The SMILES string of the molecule is O=C(O)c1cn(C2CC2)c2c(Cl)c(N3CCC(NS(=O)(=O)c4cccc([N+](=O)[O-])c4)C3)c(F)cc2c1=O. The summed E-state index contributed by atoms with van der Waals surface area (Å²) in [6.07, 6.45) is 3.05. The van der Waals surface area contributed by atoms with Gasteiger partial charge in [0.2, 0.25) is 15.5 Å². The number of halogens is 2. The summed E-state index contributed by atoms with van der Waals surface area (Å²) >= 11 is 6.64. The number of fused-ring (bicyclic) bond motifs is 1. The number of nitro groups is 1. The molecule has 0 radical (unpaired) electrons. The van der Waals surface area contributed by atoms with Gasteiger partial charge in [-0.3, -0.25) is 14.9 Å². The molecule has 2 fully saturated rings. The highest BCUT2D eigenvalue weighted by Gasteiger charge is 2.33. The van der Waals surface area contributed by atoms with Gasteiger partial charge >= 0.3 is 5.97 Å². The van der Waals surface area contributed by atoms with Gasteiger partial charge < -0.3 is 14.6 Å². The maximum atomic E-state index is 15.3. The predicted octanol–water partition coefficient (Wildman–Crippen LogP) is 3.29. The number of hydrogen-bond acceptors (Lipinski definition) is 7. The van der Waals surface area contributed by atoms with Gasteiger partial charge in [-0.05, 0) is 31.4 Å². The number of nitrogens with one attached hydrogen (secondary N) is 1. The van der Waals surface area contributed by atoms with E-state index in [0.717, 1.165) is 25.0 Å². The van der Waals surface area contributed by atoms with Crippen molar-refractivity contribution in [2.45, 2.75) is 36.2 Å². The number of nitro benzene ring substituents is 1. The molecule has 1 saturated carbocycles. The second-order valence-corrected chi connectivity index (χ2v) is 11.1. The lowest BCUT2D eigenvalue weighted by Crippen LogP contribution is -2.37. The van der Waals surface area contributed by atoms with Crippen molar-refractivity contribution in [3.63, 3.8) is 0 Å². The number of anilines is 1. The Morgan fingerprint density at radius 2 is 1.97 bits per heavy atom. The van der Waals surface area contributed by atoms with Crippen LogP contribution in [0.4, 0.5) is 15.8 Å². The third-order valence-electron chi connectivity index (χ3n) is 6.52. The normalized spacial score (nSPS) is 17.9. The molecule has 2 heterocycles. The van der Waals surface area contributed by atoms with Gasteiger partial charge in [0, 0.05) is 43.5 Å². The van der Waals surface area contributed by atoms with Crippen molar-refractivity contribution < 1.29 is 27.6 Å². The summed E-state index contributed by atoms with van der Waals surface area (Å²) in [5, 5.41) is 20.2. The number of carboxylic acid groups (broad SMARTS) is 1. The van der Waals surface area contributed by atoms with Crippen LogP contribution in [0.25, 0.3) is 10.9 Å². The van der Waals surface area contributed by atoms with Crippen LogP contribution >= 0.6 is 11.6 Å². The molecule has 14 heteroatoms. The van der Waals surface area contributed by atoms with Crippen LogP contribution in [0.15, 0.2) is 46.2 Å². The molecule has 194 valence electrons. The minimum absolute atomic E-state index is 0.0110. The molecule has 1 aliphatic carbocycles. The first-order valence-corrected chi connectivity index (χ1v) is 13.2. The number of hydrogen-bond donors (Lipinski definition) is 2. The predicted molar refractivity (Wildman–Crippen MR) is 132 cm³/mol. The first-order chi connectivity index (χ1) is 17.5. The van der Waals surface area contributed by atoms with E-state index < -0.39 is 43.8 Å². The molecule has 11 nitrogen and oxygen atoms in total. The highest BCUT2D eigenvalue weighted by atomic mass is 35.5. The number of non-ortho nitro benzene ring substituents is 1. The minimum Gasteiger partial charge on any atom is -0.477 e. The molecule has 1 atom stereocenters. The maximum Gasteiger partial charge on any atom is 0.341 e. The number of aromatic carboxylic acids is 1. The first-order valence-electron chi connectivity index (χ1n) is 11.3. The fraction of sp³-hybridized carbons (Fsp3) is 0.304. The molecule has 1 aliphatic heterocycles. The zero-order valence-corrected chi connectivity index (χ0v) is 20.6. The van der Waals surface area contributed by atoms with E-state index in [9.17, 15) is 33.2 Å². The quantitative estimate of drug-likeness (QED) is 0.336. The van der Waals surface area contributed by atoms with Gasteiger partial charge in [0.15, 0.2) is 0 Å². The number of sulfonamides is 1. The summed E-state index contributed by atoms with van der Waals surface area (Å²) in [4.78, 5) is 35.9. The Balaban J connectivity index is 1.47. The van der Waals surface area contributed by atoms with Crippen molar-refractivity contribution in [2.24, 2.45) is 0 Å². The lowest BCUT2D eigenvalue weighted by Gasteiger charge is -2.23. The Labute approximate surface area is 214 Å². The van der Waals surface area contributed by atoms with Crippen LogP contribution in [0, 0.1) is 15.9 Å². The molecule has 1 aromatic heterocycles. The number of benzene rings is 2. The summed E-state index contributed by atoms with van der Waals surface area (Å²) in [5.74, 6) is -2.25. The Hall–Kier alpha value is -3.55. The Bertz CT molecular complexity index is 1640. The summed E-state index contributed by atoms with van der Waals surface area (Å²) in [7, 11) is -4.10. The van der Waals surface area contributed by atoms with E-state index in [1.807, 2.05) is 0 Å². The van der Waals surface area contributed by atoms with Gasteiger partial charge in [0.1, 0.15) is 11.4 Å². The van der Waals surface area contributed by atoms with E-state index in [1.54, 1.807) is 9.47 Å². The largest absolute Gasteiger partial charge is 0.477 e. The number of nitrogens with zero attached hydrogens (tertiary/aromatic N) is 3. The molecule has 2 N–H and O–H groups in total. The third-order valence-corrected chi connectivity index (χ3v) is 8.40. The van der Waals surface area contributed by atoms with Crippen molar-refractivity contribution in [3.05, 3.63) is 73.3 Å². The van der Waals surface area contributed by atoms with Gasteiger partial charge in [0.05, 0.1) is 31.4 Å². The fourth-order valence-corrected chi connectivity index (χ4v) is 6.34. The standard InChI is InChI=1S/C23H20ClFN4O7S/c24-19-20-16(22(30)17(23(31)32)11-28(20)13-4-5-13)9-18(25)21(19)27-7-6-12(10-27)26-37(35,36)15-3-1-2-14(8-15)29(33)34/h1-3,8-9,11-13,26H,4-7,10H2,(H,31,32). The average molecular weight is 551 g/mol. The molecular formula is C23H20ClFN4O7S. The van der Waals surface area contributed by atoms with Gasteiger partial charge in [-0.2, -0.15) is 0 Å². The number of pyridine rings is 1. The lowest BCUT2D eigenvalue weighted by atomic mass is 10.1. The molecule has 5 rings (SSSR count). The monoisotopic (exact) mass is 550 g/mol. The van der Waals surface area contributed by atoms with Crippen LogP contribution in [0.5, 0.6) is 0 Å². The van der Waals surface area contributed by atoms with E-state index >= 15 is 4.39 Å². The van der Waals surface area contributed by atoms with E-state index in [1.165, 1.54) is 24.4 Å². The van der Waals surface area contributed by atoms with Crippen LogP contribution in [-0.4, -0.2) is 48.1 Å². The van der Waals surface area contributed by atoms with E-state index in [0.29, 0.717) is 6.42 Å². The molecule has 0 bridgehead atoms. The number of carboxylic acids is 1. The molecule has 3 aromatic rings. The molecule has 2 aliphatic rings. The smallest absolute Gasteiger partial charge is 0.341 e. The van der Waals surface area contributed by atoms with E-state index in [2.05, 4.69) is 4.72 Å². The second kappa shape index (κ2) is 9.08. The van der Waals surface area contributed by atoms with Crippen LogP contribution in [0.1, 0.15) is 35.7 Å². The Kier molecular flexibility index (Phi) is 6.16. The van der Waals surface area contributed by atoms with Crippen LogP contribution in [-0.2, 0) is 10.0 Å². The summed E-state index contributed by atoms with van der Waals surface area (Å²) < 4.78 is 45.1. The minimum atomic E-state index is -4.10. The topological polar surface area (TPSA) is 152 Å². The highest BCUT2D eigenvalue weighted by molar-refractivity contribution is 7.89. The van der Waals surface area contributed by atoms with Gasteiger partial charge in [0.25, 0.3) is 5.69 Å². The number of rotatable bonds is 7. The van der Waals surface area contributed by atoms with Gasteiger partial charge in [-0.25, -0.2) is 22.3 Å². The summed E-state index contributed by atoms with van der Waals surface area (Å²) in [5.41, 5.74) is -1.46. The van der Waals surface area contributed by atoms with Crippen molar-refractivity contribution in [3.8, 4) is 0 Å². The Morgan fingerprint density at radius 1 is 1.24 bits per heavy atom. The van der Waals surface area contributed by atoms with Crippen molar-refractivity contribution in [2.75, 3.05) is 18.0 Å². The summed E-state index contributed by atoms with van der Waals surface area (Å²) in [6.45, 7) is 0.294. The van der Waals surface area contributed by atoms with Crippen molar-refractivity contribution in [1.29, 1.82) is 0 Å². The van der Waals surface area contributed by atoms with E-state index in [-0.39, 0.29) is 51.3 Å². The number of carbonyl (C=O) groups is 1. The van der Waals surface area contributed by atoms with Gasteiger partial charge in [-0.15, -0.1) is 0 Å². The summed E-state index contributed by atoms with van der Waals surface area (Å²) in [6, 6.07) is 4.92. The third kappa shape index (κ3) is 4.54. The lowest BCUT2D eigenvalue weighted by molar-refractivity contribution is -0.385. The zero-order valence-electron chi connectivity index (χ0n) is 19.1.